The number of allylic oxidation sites excluding steroid dienone is 1. The second-order valence-electron chi connectivity index (χ2n) is 21.5. The number of benzene rings is 3. The van der Waals surface area contributed by atoms with E-state index in [2.05, 4.69) is 65.2 Å². The zero-order chi connectivity index (χ0) is 48.2. The fourth-order valence-electron chi connectivity index (χ4n) is 12.6. The largest absolute Gasteiger partial charge is 0.469 e. The van der Waals surface area contributed by atoms with E-state index in [1.165, 1.54) is 73.3 Å². The molecule has 2 aliphatic carbocycles. The minimum atomic E-state index is -0.661. The van der Waals surface area contributed by atoms with Crippen LogP contribution in [0.3, 0.4) is 0 Å². The third-order valence-corrected chi connectivity index (χ3v) is 16.5. The zero-order valence-electron chi connectivity index (χ0n) is 41.2. The Morgan fingerprint density at radius 3 is 2.04 bits per heavy atom. The summed E-state index contributed by atoms with van der Waals surface area (Å²) in [7, 11) is 2.69. The summed E-state index contributed by atoms with van der Waals surface area (Å²) in [6.45, 7) is 10.1. The first-order chi connectivity index (χ1) is 33.3. The lowest BCUT2D eigenvalue weighted by molar-refractivity contribution is -0.148. The zero-order valence-corrected chi connectivity index (χ0v) is 41.2. The quantitative estimate of drug-likeness (QED) is 0.171. The molecule has 1 saturated carbocycles. The van der Waals surface area contributed by atoms with E-state index in [4.69, 9.17) is 24.2 Å². The summed E-state index contributed by atoms with van der Waals surface area (Å²) in [6, 6.07) is 19.5. The summed E-state index contributed by atoms with van der Waals surface area (Å²) in [5.41, 5.74) is 13.1. The van der Waals surface area contributed by atoms with Crippen molar-refractivity contribution in [2.45, 2.75) is 128 Å². The van der Waals surface area contributed by atoms with E-state index in [1.54, 1.807) is 0 Å². The lowest BCUT2D eigenvalue weighted by Gasteiger charge is -2.44. The number of nitrogens with one attached hydrogen (secondary N) is 2. The Morgan fingerprint density at radius 2 is 1.42 bits per heavy atom. The van der Waals surface area contributed by atoms with E-state index >= 15 is 0 Å². The van der Waals surface area contributed by atoms with Crippen LogP contribution in [0.2, 0.25) is 0 Å². The van der Waals surface area contributed by atoms with Gasteiger partial charge >= 0.3 is 12.1 Å². The van der Waals surface area contributed by atoms with Crippen molar-refractivity contribution in [1.82, 2.24) is 15.1 Å². The van der Waals surface area contributed by atoms with Crippen molar-refractivity contribution in [1.29, 1.82) is 0 Å². The van der Waals surface area contributed by atoms with Gasteiger partial charge in [-0.05, 0) is 119 Å². The van der Waals surface area contributed by atoms with Crippen LogP contribution in [0.5, 0.6) is 0 Å². The standard InChI is InChI=1S/C56H68N6O7/c1-33(2)41(27-49(63)67-5)52(64)62-24-10-12-48(62)51-58-45-25-37(17-20-44(45)56(60-51)31-69-32-56)40-19-18-39(42-28-55(29-43(40)42)21-7-8-22-55)36-15-13-35(14-16-36)38-26-46(57-30-38)47-11-9-23-61(47)53(65)50(34(3)4)59-54(66)68-6/h13-20,25,30,33-34,41,47-48,50H,7-12,21-24,26-29,31-32H2,1-6H3,(H,58,60)(H,59,66)/t41-,47-,48-,50-/m0/s1. The summed E-state index contributed by atoms with van der Waals surface area (Å²) in [5.74, 6) is -0.221. The number of carbonyl (C=O) groups is 4. The minimum Gasteiger partial charge on any atom is -0.469 e. The van der Waals surface area contributed by atoms with Gasteiger partial charge in [-0.3, -0.25) is 24.4 Å². The highest BCUT2D eigenvalue weighted by Gasteiger charge is 2.48. The predicted octanol–water partition coefficient (Wildman–Crippen LogP) is 9.11. The number of carbonyl (C=O) groups excluding carboxylic acids is 4. The Labute approximate surface area is 406 Å². The summed E-state index contributed by atoms with van der Waals surface area (Å²) < 4.78 is 15.7. The second-order valence-corrected chi connectivity index (χ2v) is 21.5. The molecule has 7 aliphatic rings. The Hall–Kier alpha value is -5.82. The van der Waals surface area contributed by atoms with Crippen molar-refractivity contribution < 1.29 is 33.4 Å². The maximum Gasteiger partial charge on any atom is 0.407 e. The average molecular weight is 937 g/mol. The number of methoxy groups -OCH3 is 2. The number of amidine groups is 1. The van der Waals surface area contributed by atoms with E-state index < -0.39 is 23.6 Å². The van der Waals surface area contributed by atoms with E-state index in [0.29, 0.717) is 32.7 Å². The number of nitrogens with zero attached hydrogens (tertiary/aromatic N) is 4. The average Bonchev–Trinajstić information content (AvgIpc) is 4.21. The van der Waals surface area contributed by atoms with Gasteiger partial charge in [0.05, 0.1) is 51.9 Å². The highest BCUT2D eigenvalue weighted by atomic mass is 16.5. The minimum absolute atomic E-state index is 0.0126. The number of likely N-dealkylation sites (tertiary alicyclic amines) is 2. The van der Waals surface area contributed by atoms with Crippen molar-refractivity contribution in [2.24, 2.45) is 33.2 Å². The first-order valence-corrected chi connectivity index (χ1v) is 25.4. The van der Waals surface area contributed by atoms with Crippen molar-refractivity contribution in [2.75, 3.05) is 45.8 Å². The smallest absolute Gasteiger partial charge is 0.407 e. The molecule has 0 unspecified atom stereocenters. The van der Waals surface area contributed by atoms with E-state index in [1.807, 2.05) is 43.7 Å². The maximum atomic E-state index is 14.2. The number of amides is 3. The van der Waals surface area contributed by atoms with Crippen LogP contribution in [0.15, 0.2) is 70.8 Å². The summed E-state index contributed by atoms with van der Waals surface area (Å²) in [6.07, 6.45) is 12.7. The van der Waals surface area contributed by atoms with Gasteiger partial charge in [0.2, 0.25) is 11.8 Å². The maximum absolute atomic E-state index is 14.2. The van der Waals surface area contributed by atoms with Gasteiger partial charge in [0.15, 0.2) is 0 Å². The lowest BCUT2D eigenvalue weighted by atomic mass is 9.82. The Balaban J connectivity index is 0.894. The lowest BCUT2D eigenvalue weighted by Crippen LogP contribution is -2.53. The molecule has 10 rings (SSSR count). The molecule has 364 valence electrons. The molecule has 3 amide bonds. The van der Waals surface area contributed by atoms with Gasteiger partial charge in [0, 0.05) is 42.7 Å². The number of ether oxygens (including phenoxy) is 3. The van der Waals surface area contributed by atoms with E-state index in [-0.39, 0.29) is 53.5 Å². The number of esters is 1. The van der Waals surface area contributed by atoms with Crippen LogP contribution in [0.1, 0.15) is 114 Å². The number of hydrogen-bond donors (Lipinski definition) is 2. The Bertz CT molecular complexity index is 2620. The fourth-order valence-corrected chi connectivity index (χ4v) is 12.6. The molecule has 69 heavy (non-hydrogen) atoms. The third kappa shape index (κ3) is 8.67. The monoisotopic (exact) mass is 937 g/mol. The molecule has 3 saturated heterocycles. The Morgan fingerprint density at radius 1 is 0.783 bits per heavy atom. The van der Waals surface area contributed by atoms with Crippen LogP contribution in [-0.2, 0) is 47.0 Å². The molecule has 3 aromatic carbocycles. The molecule has 0 bridgehead atoms. The Kier molecular flexibility index (Phi) is 12.8. The molecular formula is C56H68N6O7. The molecule has 2 N–H and O–H groups in total. The van der Waals surface area contributed by atoms with Gasteiger partial charge < -0.3 is 34.6 Å². The van der Waals surface area contributed by atoms with Crippen molar-refractivity contribution in [3.8, 4) is 22.3 Å². The van der Waals surface area contributed by atoms with Crippen LogP contribution in [0.4, 0.5) is 10.5 Å². The van der Waals surface area contributed by atoms with Crippen molar-refractivity contribution >= 4 is 46.7 Å². The molecular weight excluding hydrogens is 869 g/mol. The molecule has 4 atom stereocenters. The number of anilines is 1. The van der Waals surface area contributed by atoms with E-state index in [9.17, 15) is 19.2 Å². The van der Waals surface area contributed by atoms with Gasteiger partial charge in [-0.1, -0.05) is 89.1 Å². The van der Waals surface area contributed by atoms with Crippen molar-refractivity contribution in [3.05, 3.63) is 83.1 Å². The van der Waals surface area contributed by atoms with Gasteiger partial charge in [0.25, 0.3) is 0 Å². The number of aliphatic imine (C=N–C) groups is 2. The van der Waals surface area contributed by atoms with Crippen LogP contribution in [-0.4, -0.2) is 104 Å². The summed E-state index contributed by atoms with van der Waals surface area (Å²) in [5, 5.41) is 6.52. The normalized spacial score (nSPS) is 22.7. The number of fused-ring (bicyclic) bond motifs is 3. The molecule has 5 aliphatic heterocycles. The molecule has 4 fully saturated rings. The molecule has 5 heterocycles. The molecule has 13 heteroatoms. The number of alkyl carbamates (subject to hydrolysis) is 1. The third-order valence-electron chi connectivity index (χ3n) is 16.5. The van der Waals surface area contributed by atoms with Gasteiger partial charge in [-0.2, -0.15) is 0 Å². The highest BCUT2D eigenvalue weighted by Crippen LogP contribution is 2.54. The first-order valence-electron chi connectivity index (χ1n) is 25.4. The number of rotatable bonds is 12. The molecule has 0 radical (unpaired) electrons. The summed E-state index contributed by atoms with van der Waals surface area (Å²) >= 11 is 0. The van der Waals surface area contributed by atoms with Gasteiger partial charge in [-0.15, -0.1) is 0 Å². The van der Waals surface area contributed by atoms with Crippen LogP contribution >= 0.6 is 0 Å². The van der Waals surface area contributed by atoms with E-state index in [0.717, 1.165) is 72.5 Å². The van der Waals surface area contributed by atoms with Crippen molar-refractivity contribution in [3.63, 3.8) is 0 Å². The molecule has 0 aromatic heterocycles. The summed E-state index contributed by atoms with van der Waals surface area (Å²) in [4.78, 5) is 66.6. The topological polar surface area (TPSA) is 151 Å². The predicted molar refractivity (Wildman–Crippen MR) is 268 cm³/mol. The SMILES string of the molecule is COC(=O)C[C@H](C(=O)N1CCC[C@H]1C1=NC2(COC2)c2ccc(-c3ccc(-c4ccc(C5=CN=C([C@@H]6CCCN6C(=O)[C@@H](NC(=O)OC)C(C)C)C5)cc4)c4c3CC3(CCCC3)C4)cc2N1)C(C)C. The molecule has 13 nitrogen and oxygen atoms in total. The van der Waals surface area contributed by atoms with Crippen LogP contribution in [0, 0.1) is 23.2 Å². The van der Waals surface area contributed by atoms with Gasteiger partial charge in [-0.25, -0.2) is 4.79 Å². The molecule has 3 aromatic rings. The van der Waals surface area contributed by atoms with Crippen LogP contribution < -0.4 is 10.6 Å². The van der Waals surface area contributed by atoms with Gasteiger partial charge in [0.1, 0.15) is 17.4 Å². The second kappa shape index (κ2) is 18.8. The number of hydrogen-bond acceptors (Lipinski definition) is 10. The molecule has 2 spiro atoms. The highest BCUT2D eigenvalue weighted by molar-refractivity contribution is 6.05. The fraction of sp³-hybridized carbons (Fsp3) is 0.536. The van der Waals surface area contributed by atoms with Crippen LogP contribution in [0.25, 0.3) is 27.8 Å². The first kappa shape index (κ1) is 46.9.